The van der Waals surface area contributed by atoms with Gasteiger partial charge in [-0.25, -0.2) is 0 Å². The number of methoxy groups -OCH3 is 1. The molecule has 0 aromatic heterocycles. The quantitative estimate of drug-likeness (QED) is 0.813. The molecule has 118 valence electrons. The van der Waals surface area contributed by atoms with Crippen LogP contribution in [0.25, 0.3) is 0 Å². The summed E-state index contributed by atoms with van der Waals surface area (Å²) in [4.78, 5) is 2.48. The number of benzene rings is 1. The first-order valence-electron chi connectivity index (χ1n) is 8.23. The number of rotatable bonds is 6. The van der Waals surface area contributed by atoms with Gasteiger partial charge in [-0.3, -0.25) is 0 Å². The number of nitrogens with one attached hydrogen (secondary N) is 1. The lowest BCUT2D eigenvalue weighted by Crippen LogP contribution is -2.44. The van der Waals surface area contributed by atoms with E-state index in [-0.39, 0.29) is 0 Å². The molecule has 2 unspecified atom stereocenters. The highest BCUT2D eigenvalue weighted by Crippen LogP contribution is 2.27. The molecule has 1 aliphatic rings. The Labute approximate surface area is 129 Å². The van der Waals surface area contributed by atoms with Crippen LogP contribution in [-0.4, -0.2) is 32.8 Å². The van der Waals surface area contributed by atoms with Crippen molar-refractivity contribution in [1.82, 2.24) is 5.32 Å². The van der Waals surface area contributed by atoms with E-state index in [1.54, 1.807) is 0 Å². The van der Waals surface area contributed by atoms with Gasteiger partial charge in [-0.15, -0.1) is 0 Å². The molecule has 1 aliphatic heterocycles. The topological polar surface area (TPSA) is 24.5 Å². The first-order chi connectivity index (χ1) is 10.2. The number of anilines is 1. The van der Waals surface area contributed by atoms with Gasteiger partial charge < -0.3 is 15.0 Å². The van der Waals surface area contributed by atoms with E-state index in [4.69, 9.17) is 4.74 Å². The van der Waals surface area contributed by atoms with E-state index < -0.39 is 0 Å². The molecule has 0 aliphatic carbocycles. The predicted molar refractivity (Wildman–Crippen MR) is 90.0 cm³/mol. The number of hydrogen-bond acceptors (Lipinski definition) is 3. The molecule has 0 saturated carbocycles. The molecule has 1 aromatic rings. The molecule has 1 saturated heterocycles. The molecule has 1 N–H and O–H groups in total. The van der Waals surface area contributed by atoms with Crippen LogP contribution in [0.4, 0.5) is 5.69 Å². The van der Waals surface area contributed by atoms with Crippen LogP contribution in [0.5, 0.6) is 0 Å². The minimum Gasteiger partial charge on any atom is -0.379 e. The van der Waals surface area contributed by atoms with Crippen LogP contribution in [-0.2, 0) is 11.3 Å². The summed E-state index contributed by atoms with van der Waals surface area (Å²) in [5.41, 5.74) is 4.11. The summed E-state index contributed by atoms with van der Waals surface area (Å²) in [7, 11) is 1.83. The van der Waals surface area contributed by atoms with Gasteiger partial charge >= 0.3 is 0 Å². The molecule has 0 spiro atoms. The minimum absolute atomic E-state index is 0.351. The standard InChI is InChI=1S/C18H30N2O/c1-5-9-19-12-16-6-7-17(15(3)11-16)20-10-8-14(2)18(13-20)21-4/h6-7,11,14,18-19H,5,8-10,12-13H2,1-4H3. The first kappa shape index (κ1) is 16.3. The summed E-state index contributed by atoms with van der Waals surface area (Å²) in [5.74, 6) is 0.657. The summed E-state index contributed by atoms with van der Waals surface area (Å²) in [6.07, 6.45) is 2.74. The third-order valence-corrected chi connectivity index (χ3v) is 4.55. The molecule has 3 heteroatoms. The fourth-order valence-electron chi connectivity index (χ4n) is 3.15. The van der Waals surface area contributed by atoms with Gasteiger partial charge in [-0.1, -0.05) is 26.0 Å². The largest absolute Gasteiger partial charge is 0.379 e. The number of nitrogens with zero attached hydrogens (tertiary/aromatic N) is 1. The van der Waals surface area contributed by atoms with E-state index in [9.17, 15) is 0 Å². The third-order valence-electron chi connectivity index (χ3n) is 4.55. The van der Waals surface area contributed by atoms with Crippen molar-refractivity contribution in [2.45, 2.75) is 46.3 Å². The van der Waals surface area contributed by atoms with E-state index >= 15 is 0 Å². The fraction of sp³-hybridized carbons (Fsp3) is 0.667. The monoisotopic (exact) mass is 290 g/mol. The Bertz CT molecular complexity index is 447. The van der Waals surface area contributed by atoms with Crippen LogP contribution in [0.3, 0.4) is 0 Å². The van der Waals surface area contributed by atoms with Crippen molar-refractivity contribution < 1.29 is 4.74 Å². The van der Waals surface area contributed by atoms with Crippen LogP contribution in [0.2, 0.25) is 0 Å². The summed E-state index contributed by atoms with van der Waals surface area (Å²) in [5, 5.41) is 3.47. The molecule has 2 atom stereocenters. The highest BCUT2D eigenvalue weighted by atomic mass is 16.5. The van der Waals surface area contributed by atoms with E-state index in [1.165, 1.54) is 29.7 Å². The highest BCUT2D eigenvalue weighted by Gasteiger charge is 2.26. The molecular formula is C18H30N2O. The zero-order chi connectivity index (χ0) is 15.2. The third kappa shape index (κ3) is 4.21. The molecule has 1 aromatic carbocycles. The Hall–Kier alpha value is -1.06. The van der Waals surface area contributed by atoms with Gasteiger partial charge in [0.1, 0.15) is 0 Å². The summed E-state index contributed by atoms with van der Waals surface area (Å²) < 4.78 is 5.63. The molecule has 0 amide bonds. The van der Waals surface area contributed by atoms with Crippen LogP contribution in [0, 0.1) is 12.8 Å². The van der Waals surface area contributed by atoms with Gasteiger partial charge in [-0.2, -0.15) is 0 Å². The van der Waals surface area contributed by atoms with Crippen molar-refractivity contribution in [2.75, 3.05) is 31.6 Å². The second-order valence-corrected chi connectivity index (χ2v) is 6.28. The average Bonchev–Trinajstić information content (AvgIpc) is 2.48. The maximum Gasteiger partial charge on any atom is 0.0772 e. The number of piperidine rings is 1. The Morgan fingerprint density at radius 2 is 2.19 bits per heavy atom. The van der Waals surface area contributed by atoms with Gasteiger partial charge in [0.05, 0.1) is 6.10 Å². The second-order valence-electron chi connectivity index (χ2n) is 6.28. The van der Waals surface area contributed by atoms with E-state index in [0.29, 0.717) is 12.0 Å². The number of hydrogen-bond donors (Lipinski definition) is 1. The van der Waals surface area contributed by atoms with Crippen LogP contribution in [0.15, 0.2) is 18.2 Å². The van der Waals surface area contributed by atoms with Gasteiger partial charge in [0, 0.05) is 32.4 Å². The fourth-order valence-corrected chi connectivity index (χ4v) is 3.15. The van der Waals surface area contributed by atoms with Crippen molar-refractivity contribution in [3.05, 3.63) is 29.3 Å². The SMILES string of the molecule is CCCNCc1ccc(N2CCC(C)C(OC)C2)c(C)c1. The zero-order valence-electron chi connectivity index (χ0n) is 14.0. The van der Waals surface area contributed by atoms with Gasteiger partial charge in [0.15, 0.2) is 0 Å². The minimum atomic E-state index is 0.351. The van der Waals surface area contributed by atoms with Gasteiger partial charge in [0.25, 0.3) is 0 Å². The molecule has 1 fully saturated rings. The van der Waals surface area contributed by atoms with Crippen LogP contribution in [0.1, 0.15) is 37.8 Å². The smallest absolute Gasteiger partial charge is 0.0772 e. The number of aryl methyl sites for hydroxylation is 1. The van der Waals surface area contributed by atoms with Gasteiger partial charge in [0.2, 0.25) is 0 Å². The molecule has 1 heterocycles. The van der Waals surface area contributed by atoms with Crippen molar-refractivity contribution in [3.8, 4) is 0 Å². The Kier molecular flexibility index (Phi) is 6.07. The maximum absolute atomic E-state index is 5.63. The lowest BCUT2D eigenvalue weighted by molar-refractivity contribution is 0.0498. The first-order valence-corrected chi connectivity index (χ1v) is 8.23. The van der Waals surface area contributed by atoms with Crippen molar-refractivity contribution in [1.29, 1.82) is 0 Å². The molecule has 2 rings (SSSR count). The number of ether oxygens (including phenoxy) is 1. The average molecular weight is 290 g/mol. The molecule has 0 radical (unpaired) electrons. The van der Waals surface area contributed by atoms with E-state index in [1.807, 2.05) is 7.11 Å². The van der Waals surface area contributed by atoms with E-state index in [2.05, 4.69) is 49.2 Å². The second kappa shape index (κ2) is 7.81. The summed E-state index contributed by atoms with van der Waals surface area (Å²) in [6, 6.07) is 6.85. The molecule has 0 bridgehead atoms. The Morgan fingerprint density at radius 1 is 1.38 bits per heavy atom. The molecule has 21 heavy (non-hydrogen) atoms. The lowest BCUT2D eigenvalue weighted by atomic mass is 9.94. The van der Waals surface area contributed by atoms with Crippen LogP contribution >= 0.6 is 0 Å². The lowest BCUT2D eigenvalue weighted by Gasteiger charge is -2.38. The zero-order valence-corrected chi connectivity index (χ0v) is 14.0. The maximum atomic E-state index is 5.63. The summed E-state index contributed by atoms with van der Waals surface area (Å²) >= 11 is 0. The highest BCUT2D eigenvalue weighted by molar-refractivity contribution is 5.55. The van der Waals surface area contributed by atoms with Crippen molar-refractivity contribution in [3.63, 3.8) is 0 Å². The van der Waals surface area contributed by atoms with Gasteiger partial charge in [-0.05, 0) is 49.4 Å². The predicted octanol–water partition coefficient (Wildman–Crippen LogP) is 3.36. The Balaban J connectivity index is 2.03. The normalized spacial score (nSPS) is 22.6. The molecular weight excluding hydrogens is 260 g/mol. The van der Waals surface area contributed by atoms with Crippen LogP contribution < -0.4 is 10.2 Å². The van der Waals surface area contributed by atoms with Crippen molar-refractivity contribution >= 4 is 5.69 Å². The summed E-state index contributed by atoms with van der Waals surface area (Å²) in [6.45, 7) is 10.9. The van der Waals surface area contributed by atoms with Crippen molar-refractivity contribution in [2.24, 2.45) is 5.92 Å². The molecule has 3 nitrogen and oxygen atoms in total. The Morgan fingerprint density at radius 3 is 2.86 bits per heavy atom. The van der Waals surface area contributed by atoms with E-state index in [0.717, 1.165) is 26.2 Å².